The molecule has 4 heteroatoms. The number of hydrogen-bond donors (Lipinski definition) is 0. The Hall–Kier alpha value is -1.68. The number of carbonyl (C=O) groups is 2. The molecule has 0 spiro atoms. The SMILES string of the molecule is CC1(C)CCC(CCN2C(=O)c3ccccc3C2=O)O1. The number of hydrogen-bond acceptors (Lipinski definition) is 3. The van der Waals surface area contributed by atoms with E-state index in [1.807, 2.05) is 0 Å². The normalized spacial score (nSPS) is 24.3. The fraction of sp³-hybridized carbons (Fsp3) is 0.500. The maximum absolute atomic E-state index is 12.2. The Bertz CT molecular complexity index is 530. The number of amides is 2. The molecule has 1 fully saturated rings. The Morgan fingerprint density at radius 1 is 1.20 bits per heavy atom. The van der Waals surface area contributed by atoms with Crippen molar-refractivity contribution >= 4 is 11.8 Å². The van der Waals surface area contributed by atoms with Gasteiger partial charge in [0.1, 0.15) is 0 Å². The van der Waals surface area contributed by atoms with Crippen molar-refractivity contribution < 1.29 is 14.3 Å². The van der Waals surface area contributed by atoms with Crippen LogP contribution in [-0.2, 0) is 4.74 Å². The molecule has 3 rings (SSSR count). The maximum atomic E-state index is 12.2. The third-order valence-corrected chi connectivity index (χ3v) is 4.11. The monoisotopic (exact) mass is 273 g/mol. The second-order valence-electron chi connectivity index (χ2n) is 6.13. The number of carbonyl (C=O) groups excluding carboxylic acids is 2. The number of benzene rings is 1. The van der Waals surface area contributed by atoms with E-state index < -0.39 is 0 Å². The van der Waals surface area contributed by atoms with Crippen molar-refractivity contribution in [1.29, 1.82) is 0 Å². The molecule has 0 aromatic heterocycles. The molecule has 106 valence electrons. The van der Waals surface area contributed by atoms with E-state index in [-0.39, 0.29) is 23.5 Å². The van der Waals surface area contributed by atoms with Gasteiger partial charge in [-0.3, -0.25) is 14.5 Å². The topological polar surface area (TPSA) is 46.6 Å². The number of ether oxygens (including phenoxy) is 1. The summed E-state index contributed by atoms with van der Waals surface area (Å²) in [6.07, 6.45) is 2.89. The van der Waals surface area contributed by atoms with E-state index in [9.17, 15) is 9.59 Å². The largest absolute Gasteiger partial charge is 0.372 e. The van der Waals surface area contributed by atoms with Gasteiger partial charge in [0.2, 0.25) is 0 Å². The average Bonchev–Trinajstić information content (AvgIpc) is 2.88. The second kappa shape index (κ2) is 4.70. The van der Waals surface area contributed by atoms with Gasteiger partial charge in [-0.25, -0.2) is 0 Å². The minimum Gasteiger partial charge on any atom is -0.372 e. The average molecular weight is 273 g/mol. The molecular formula is C16H19NO3. The highest BCUT2D eigenvalue weighted by Gasteiger charge is 2.37. The van der Waals surface area contributed by atoms with Crippen molar-refractivity contribution in [3.8, 4) is 0 Å². The molecule has 1 saturated heterocycles. The van der Waals surface area contributed by atoms with Crippen molar-refractivity contribution in [1.82, 2.24) is 4.90 Å². The molecule has 20 heavy (non-hydrogen) atoms. The van der Waals surface area contributed by atoms with Crippen LogP contribution >= 0.6 is 0 Å². The third-order valence-electron chi connectivity index (χ3n) is 4.11. The smallest absolute Gasteiger partial charge is 0.261 e. The third kappa shape index (κ3) is 2.24. The first-order valence-electron chi connectivity index (χ1n) is 7.11. The van der Waals surface area contributed by atoms with E-state index in [0.717, 1.165) is 19.3 Å². The molecular weight excluding hydrogens is 254 g/mol. The molecule has 0 bridgehead atoms. The molecule has 4 nitrogen and oxygen atoms in total. The summed E-state index contributed by atoms with van der Waals surface area (Å²) in [5, 5.41) is 0. The highest BCUT2D eigenvalue weighted by atomic mass is 16.5. The van der Waals surface area contributed by atoms with Crippen LogP contribution < -0.4 is 0 Å². The van der Waals surface area contributed by atoms with Crippen molar-refractivity contribution in [3.05, 3.63) is 35.4 Å². The zero-order valence-electron chi connectivity index (χ0n) is 11.9. The minimum absolute atomic E-state index is 0.0767. The van der Waals surface area contributed by atoms with E-state index >= 15 is 0 Å². The van der Waals surface area contributed by atoms with E-state index in [0.29, 0.717) is 17.7 Å². The lowest BCUT2D eigenvalue weighted by atomic mass is 10.0. The molecule has 1 atom stereocenters. The predicted molar refractivity (Wildman–Crippen MR) is 74.6 cm³/mol. The van der Waals surface area contributed by atoms with Crippen LogP contribution in [0.3, 0.4) is 0 Å². The highest BCUT2D eigenvalue weighted by molar-refractivity contribution is 6.21. The number of fused-ring (bicyclic) bond motifs is 1. The van der Waals surface area contributed by atoms with Gasteiger partial charge in [-0.1, -0.05) is 12.1 Å². The van der Waals surface area contributed by atoms with Gasteiger partial charge >= 0.3 is 0 Å². The lowest BCUT2D eigenvalue weighted by Crippen LogP contribution is -2.33. The first-order valence-corrected chi connectivity index (χ1v) is 7.11. The Kier molecular flexibility index (Phi) is 3.13. The fourth-order valence-corrected chi connectivity index (χ4v) is 3.00. The van der Waals surface area contributed by atoms with E-state index in [4.69, 9.17) is 4.74 Å². The van der Waals surface area contributed by atoms with Crippen molar-refractivity contribution in [2.24, 2.45) is 0 Å². The minimum atomic E-state index is -0.178. The Labute approximate surface area is 118 Å². The molecule has 0 aliphatic carbocycles. The van der Waals surface area contributed by atoms with Crippen LogP contribution in [0.5, 0.6) is 0 Å². The lowest BCUT2D eigenvalue weighted by Gasteiger charge is -2.21. The summed E-state index contributed by atoms with van der Waals surface area (Å²) >= 11 is 0. The first kappa shape index (κ1) is 13.3. The van der Waals surface area contributed by atoms with Gasteiger partial charge < -0.3 is 4.74 Å². The molecule has 0 radical (unpaired) electrons. The molecule has 2 aliphatic rings. The summed E-state index contributed by atoms with van der Waals surface area (Å²) in [4.78, 5) is 25.8. The zero-order valence-corrected chi connectivity index (χ0v) is 11.9. The molecule has 2 aliphatic heterocycles. The second-order valence-corrected chi connectivity index (χ2v) is 6.13. The summed E-state index contributed by atoms with van der Waals surface area (Å²) in [5.41, 5.74) is 0.961. The molecule has 1 unspecified atom stereocenters. The molecule has 0 N–H and O–H groups in total. The van der Waals surface area contributed by atoms with Gasteiger partial charge in [-0.2, -0.15) is 0 Å². The van der Waals surface area contributed by atoms with Gasteiger partial charge in [-0.15, -0.1) is 0 Å². The molecule has 1 aromatic rings. The van der Waals surface area contributed by atoms with Crippen molar-refractivity contribution in [2.75, 3.05) is 6.54 Å². The standard InChI is InChI=1S/C16H19NO3/c1-16(2)9-7-11(20-16)8-10-17-14(18)12-5-3-4-6-13(12)15(17)19/h3-6,11H,7-10H2,1-2H3. The van der Waals surface area contributed by atoms with Crippen molar-refractivity contribution in [2.45, 2.75) is 44.8 Å². The van der Waals surface area contributed by atoms with Gasteiger partial charge in [0.15, 0.2) is 0 Å². The molecule has 2 amide bonds. The number of imide groups is 1. The van der Waals surface area contributed by atoms with E-state index in [1.165, 1.54) is 4.90 Å². The van der Waals surface area contributed by atoms with E-state index in [2.05, 4.69) is 13.8 Å². The summed E-state index contributed by atoms with van der Waals surface area (Å²) < 4.78 is 5.91. The van der Waals surface area contributed by atoms with Gasteiger partial charge in [0.05, 0.1) is 22.8 Å². The summed E-state index contributed by atoms with van der Waals surface area (Å²) in [6.45, 7) is 4.59. The molecule has 2 heterocycles. The van der Waals surface area contributed by atoms with Crippen molar-refractivity contribution in [3.63, 3.8) is 0 Å². The predicted octanol–water partition coefficient (Wildman–Crippen LogP) is 2.63. The van der Waals surface area contributed by atoms with Gasteiger partial charge in [0.25, 0.3) is 11.8 Å². The van der Waals surface area contributed by atoms with E-state index in [1.54, 1.807) is 24.3 Å². The van der Waals surface area contributed by atoms with Crippen LogP contribution in [0.1, 0.15) is 53.8 Å². The molecule has 1 aromatic carbocycles. The Morgan fingerprint density at radius 3 is 2.30 bits per heavy atom. The summed E-state index contributed by atoms with van der Waals surface area (Å²) in [6, 6.07) is 7.00. The Balaban J connectivity index is 1.66. The fourth-order valence-electron chi connectivity index (χ4n) is 3.00. The number of nitrogens with zero attached hydrogens (tertiary/aromatic N) is 1. The van der Waals surface area contributed by atoms with Gasteiger partial charge in [0, 0.05) is 6.54 Å². The number of rotatable bonds is 3. The van der Waals surface area contributed by atoms with Gasteiger partial charge in [-0.05, 0) is 45.2 Å². The van der Waals surface area contributed by atoms with Crippen LogP contribution in [-0.4, -0.2) is 35.0 Å². The Morgan fingerprint density at radius 2 is 1.80 bits per heavy atom. The summed E-state index contributed by atoms with van der Waals surface area (Å²) in [7, 11) is 0. The molecule has 0 saturated carbocycles. The van der Waals surface area contributed by atoms with Crippen LogP contribution in [0, 0.1) is 0 Å². The van der Waals surface area contributed by atoms with Crippen LogP contribution in [0.2, 0.25) is 0 Å². The summed E-state index contributed by atoms with van der Waals surface area (Å²) in [5.74, 6) is -0.356. The quantitative estimate of drug-likeness (QED) is 0.795. The van der Waals surface area contributed by atoms with Crippen LogP contribution in [0.25, 0.3) is 0 Å². The zero-order chi connectivity index (χ0) is 14.3. The maximum Gasteiger partial charge on any atom is 0.261 e. The first-order chi connectivity index (χ1) is 9.48. The highest BCUT2D eigenvalue weighted by Crippen LogP contribution is 2.31. The lowest BCUT2D eigenvalue weighted by molar-refractivity contribution is -0.0201. The van der Waals surface area contributed by atoms with Crippen LogP contribution in [0.4, 0.5) is 0 Å². The van der Waals surface area contributed by atoms with Crippen LogP contribution in [0.15, 0.2) is 24.3 Å².